The monoisotopic (exact) mass is 281 g/mol. The molecule has 0 atom stereocenters. The van der Waals surface area contributed by atoms with Crippen LogP contribution in [0.5, 0.6) is 0 Å². The van der Waals surface area contributed by atoms with Crippen molar-refractivity contribution in [1.82, 2.24) is 15.6 Å². The van der Waals surface area contributed by atoms with Crippen molar-refractivity contribution >= 4 is 31.9 Å². The summed E-state index contributed by atoms with van der Waals surface area (Å²) in [4.78, 5) is 0. The highest BCUT2D eigenvalue weighted by Crippen LogP contribution is 2.37. The van der Waals surface area contributed by atoms with E-state index in [1.165, 1.54) is 12.8 Å². The number of rotatable bonds is 1. The number of hydrazine groups is 2. The summed E-state index contributed by atoms with van der Waals surface area (Å²) in [6.07, 6.45) is 2.59. The van der Waals surface area contributed by atoms with Crippen LogP contribution in [0.3, 0.4) is 0 Å². The Morgan fingerprint density at radius 3 is 2.45 bits per heavy atom. The van der Waals surface area contributed by atoms with Crippen molar-refractivity contribution in [3.8, 4) is 0 Å². The van der Waals surface area contributed by atoms with Crippen LogP contribution in [0.1, 0.15) is 12.8 Å². The summed E-state index contributed by atoms with van der Waals surface area (Å²) in [5, 5.41) is 4.20. The first-order valence-corrected chi connectivity index (χ1v) is 5.13. The predicted octanol–water partition coefficient (Wildman–Crippen LogP) is 1.73. The topological polar surface area (TPSA) is 18.5 Å². The van der Waals surface area contributed by atoms with Gasteiger partial charge in [0.2, 0.25) is 0 Å². The fourth-order valence-electron chi connectivity index (χ4n) is 1.20. The molecule has 62 valence electrons. The second kappa shape index (κ2) is 2.64. The molecule has 11 heavy (non-hydrogen) atoms. The first-order valence-electron chi connectivity index (χ1n) is 3.55. The SMILES string of the molecule is CN1NC(Br)=C(Br)N1C1CC1. The third-order valence-electron chi connectivity index (χ3n) is 1.86. The molecule has 1 N–H and O–H groups in total. The van der Waals surface area contributed by atoms with Crippen LogP contribution in [0.25, 0.3) is 0 Å². The lowest BCUT2D eigenvalue weighted by atomic mass is 10.6. The van der Waals surface area contributed by atoms with Gasteiger partial charge in [-0.25, -0.2) is 0 Å². The summed E-state index contributed by atoms with van der Waals surface area (Å²) in [5.41, 5.74) is 3.15. The summed E-state index contributed by atoms with van der Waals surface area (Å²) < 4.78 is 2.11. The van der Waals surface area contributed by atoms with Gasteiger partial charge in [-0.2, -0.15) is 0 Å². The van der Waals surface area contributed by atoms with Crippen LogP contribution in [-0.4, -0.2) is 23.2 Å². The summed E-state index contributed by atoms with van der Waals surface area (Å²) in [6.45, 7) is 0. The number of halogens is 2. The smallest absolute Gasteiger partial charge is 0.129 e. The second-order valence-electron chi connectivity index (χ2n) is 2.82. The van der Waals surface area contributed by atoms with Crippen molar-refractivity contribution in [2.75, 3.05) is 7.05 Å². The maximum atomic E-state index is 3.51. The van der Waals surface area contributed by atoms with Gasteiger partial charge in [-0.1, -0.05) is 0 Å². The van der Waals surface area contributed by atoms with E-state index >= 15 is 0 Å². The number of nitrogens with zero attached hydrogens (tertiary/aromatic N) is 2. The van der Waals surface area contributed by atoms with Gasteiger partial charge in [0.15, 0.2) is 0 Å². The van der Waals surface area contributed by atoms with Crippen LogP contribution in [-0.2, 0) is 0 Å². The highest BCUT2D eigenvalue weighted by Gasteiger charge is 2.37. The zero-order valence-electron chi connectivity index (χ0n) is 6.14. The predicted molar refractivity (Wildman–Crippen MR) is 50.6 cm³/mol. The number of hydrogen-bond donors (Lipinski definition) is 1. The van der Waals surface area contributed by atoms with Gasteiger partial charge in [0.25, 0.3) is 0 Å². The molecule has 2 aliphatic rings. The van der Waals surface area contributed by atoms with Gasteiger partial charge in [0.1, 0.15) is 9.21 Å². The van der Waals surface area contributed by atoms with E-state index < -0.39 is 0 Å². The number of nitrogens with one attached hydrogen (secondary N) is 1. The summed E-state index contributed by atoms with van der Waals surface area (Å²) >= 11 is 6.92. The van der Waals surface area contributed by atoms with E-state index in [0.717, 1.165) is 9.21 Å². The lowest BCUT2D eigenvalue weighted by Gasteiger charge is -2.25. The molecule has 1 saturated carbocycles. The summed E-state index contributed by atoms with van der Waals surface area (Å²) in [6, 6.07) is 0.692. The highest BCUT2D eigenvalue weighted by molar-refractivity contribution is 9.14. The lowest BCUT2D eigenvalue weighted by molar-refractivity contribution is 0.0269. The molecule has 0 aromatic heterocycles. The Hall–Kier alpha value is 0.260. The fourth-order valence-corrected chi connectivity index (χ4v) is 2.25. The molecule has 0 spiro atoms. The zero-order valence-corrected chi connectivity index (χ0v) is 9.31. The van der Waals surface area contributed by atoms with E-state index in [1.54, 1.807) is 0 Å². The Morgan fingerprint density at radius 1 is 1.45 bits per heavy atom. The van der Waals surface area contributed by atoms with Crippen LogP contribution in [0.4, 0.5) is 0 Å². The van der Waals surface area contributed by atoms with Crippen molar-refractivity contribution in [3.63, 3.8) is 0 Å². The maximum absolute atomic E-state index is 3.51. The van der Waals surface area contributed by atoms with Crippen LogP contribution in [0, 0.1) is 0 Å². The van der Waals surface area contributed by atoms with Crippen LogP contribution >= 0.6 is 31.9 Å². The standard InChI is InChI=1S/C6H9Br2N3/c1-10-9-5(7)6(8)11(10)4-2-3-4/h4,9H,2-3H2,1H3. The van der Waals surface area contributed by atoms with Gasteiger partial charge < -0.3 is 0 Å². The van der Waals surface area contributed by atoms with Crippen molar-refractivity contribution in [2.24, 2.45) is 0 Å². The maximum Gasteiger partial charge on any atom is 0.129 e. The Balaban J connectivity index is 2.17. The van der Waals surface area contributed by atoms with Gasteiger partial charge >= 0.3 is 0 Å². The fraction of sp³-hybridized carbons (Fsp3) is 0.667. The zero-order chi connectivity index (χ0) is 8.01. The van der Waals surface area contributed by atoms with Crippen molar-refractivity contribution in [2.45, 2.75) is 18.9 Å². The first-order chi connectivity index (χ1) is 5.20. The largest absolute Gasteiger partial charge is 0.293 e. The van der Waals surface area contributed by atoms with Gasteiger partial charge in [-0.15, -0.1) is 5.12 Å². The van der Waals surface area contributed by atoms with E-state index in [9.17, 15) is 0 Å². The van der Waals surface area contributed by atoms with Crippen molar-refractivity contribution < 1.29 is 0 Å². The minimum atomic E-state index is 0.692. The van der Waals surface area contributed by atoms with E-state index in [4.69, 9.17) is 0 Å². The van der Waals surface area contributed by atoms with Crippen molar-refractivity contribution in [3.05, 3.63) is 9.21 Å². The lowest BCUT2D eigenvalue weighted by Crippen LogP contribution is -2.40. The molecule has 3 nitrogen and oxygen atoms in total. The van der Waals surface area contributed by atoms with Crippen LogP contribution in [0.15, 0.2) is 9.21 Å². The second-order valence-corrected chi connectivity index (χ2v) is 4.36. The van der Waals surface area contributed by atoms with E-state index in [-0.39, 0.29) is 0 Å². The van der Waals surface area contributed by atoms with Crippen LogP contribution in [0.2, 0.25) is 0 Å². The minimum Gasteiger partial charge on any atom is -0.293 e. The minimum absolute atomic E-state index is 0.692. The molecule has 0 bridgehead atoms. The van der Waals surface area contributed by atoms with E-state index in [0.29, 0.717) is 6.04 Å². The molecule has 0 aromatic rings. The molecule has 1 aliphatic carbocycles. The molecular weight excluding hydrogens is 274 g/mol. The third-order valence-corrected chi connectivity index (χ3v) is 3.70. The Labute approximate surface area is 82.6 Å². The molecule has 1 heterocycles. The molecule has 2 rings (SSSR count). The molecule has 0 unspecified atom stereocenters. The molecule has 0 saturated heterocycles. The first kappa shape index (κ1) is 7.89. The normalized spacial score (nSPS) is 26.3. The molecule has 0 radical (unpaired) electrons. The summed E-state index contributed by atoms with van der Waals surface area (Å²) in [7, 11) is 2.01. The van der Waals surface area contributed by atoms with Crippen molar-refractivity contribution in [1.29, 1.82) is 0 Å². The third kappa shape index (κ3) is 1.29. The molecular formula is C6H9Br2N3. The van der Waals surface area contributed by atoms with Gasteiger partial charge in [-0.3, -0.25) is 10.4 Å². The van der Waals surface area contributed by atoms with Crippen LogP contribution < -0.4 is 5.43 Å². The molecule has 1 aliphatic heterocycles. The highest BCUT2D eigenvalue weighted by atomic mass is 79.9. The Bertz CT molecular complexity index is 212. The molecule has 1 fully saturated rings. The van der Waals surface area contributed by atoms with Gasteiger partial charge in [-0.05, 0) is 44.7 Å². The summed E-state index contributed by atoms with van der Waals surface area (Å²) in [5.74, 6) is 0. The van der Waals surface area contributed by atoms with E-state index in [2.05, 4.69) is 42.3 Å². The molecule has 5 heteroatoms. The quantitative estimate of drug-likeness (QED) is 0.739. The molecule has 0 aromatic carbocycles. The average Bonchev–Trinajstić information content (AvgIpc) is 2.68. The van der Waals surface area contributed by atoms with Gasteiger partial charge in [0.05, 0.1) is 0 Å². The Kier molecular flexibility index (Phi) is 1.89. The Morgan fingerprint density at radius 2 is 2.09 bits per heavy atom. The number of hydrogen-bond acceptors (Lipinski definition) is 3. The average molecular weight is 283 g/mol. The molecule has 0 amide bonds. The van der Waals surface area contributed by atoms with Gasteiger partial charge in [0, 0.05) is 13.1 Å². The van der Waals surface area contributed by atoms with E-state index in [1.807, 2.05) is 12.2 Å².